The molecule has 4 heterocycles. The SMILES string of the molecule is Cc1ccc(N2CC[C@@H]3CN(C(=O)c4ccco4)CCO[C@@H]3C2)nn1. The van der Waals surface area contributed by atoms with E-state index in [1.807, 2.05) is 24.0 Å². The second-order valence-corrected chi connectivity index (χ2v) is 6.67. The van der Waals surface area contributed by atoms with Crippen molar-refractivity contribution < 1.29 is 13.9 Å². The van der Waals surface area contributed by atoms with E-state index in [-0.39, 0.29) is 12.0 Å². The van der Waals surface area contributed by atoms with Gasteiger partial charge in [-0.2, -0.15) is 5.10 Å². The van der Waals surface area contributed by atoms with Gasteiger partial charge in [-0.1, -0.05) is 0 Å². The Kier molecular flexibility index (Phi) is 4.40. The van der Waals surface area contributed by atoms with Crippen molar-refractivity contribution >= 4 is 11.7 Å². The molecule has 0 saturated carbocycles. The minimum Gasteiger partial charge on any atom is -0.459 e. The molecule has 2 aliphatic heterocycles. The molecule has 4 rings (SSSR count). The van der Waals surface area contributed by atoms with Crippen molar-refractivity contribution in [1.29, 1.82) is 0 Å². The molecule has 2 aliphatic rings. The van der Waals surface area contributed by atoms with Crippen LogP contribution in [-0.2, 0) is 4.74 Å². The predicted molar refractivity (Wildman–Crippen MR) is 91.4 cm³/mol. The number of nitrogens with zero attached hydrogens (tertiary/aromatic N) is 4. The van der Waals surface area contributed by atoms with Gasteiger partial charge in [0.1, 0.15) is 0 Å². The normalized spacial score (nSPS) is 23.9. The lowest BCUT2D eigenvalue weighted by Crippen LogP contribution is -2.47. The fourth-order valence-electron chi connectivity index (χ4n) is 3.56. The van der Waals surface area contributed by atoms with E-state index in [2.05, 4.69) is 15.1 Å². The van der Waals surface area contributed by atoms with Gasteiger partial charge in [0, 0.05) is 32.1 Å². The summed E-state index contributed by atoms with van der Waals surface area (Å²) in [4.78, 5) is 16.6. The molecule has 0 N–H and O–H groups in total. The molecule has 2 aromatic heterocycles. The van der Waals surface area contributed by atoms with Crippen molar-refractivity contribution in [2.24, 2.45) is 5.92 Å². The van der Waals surface area contributed by atoms with Crippen LogP contribution >= 0.6 is 0 Å². The Morgan fingerprint density at radius 1 is 1.20 bits per heavy atom. The first-order valence-electron chi connectivity index (χ1n) is 8.70. The summed E-state index contributed by atoms with van der Waals surface area (Å²) in [5.74, 6) is 1.56. The van der Waals surface area contributed by atoms with Crippen LogP contribution in [0.5, 0.6) is 0 Å². The Morgan fingerprint density at radius 3 is 2.88 bits per heavy atom. The highest BCUT2D eigenvalue weighted by atomic mass is 16.5. The number of carbonyl (C=O) groups excluding carboxylic acids is 1. The largest absolute Gasteiger partial charge is 0.459 e. The lowest BCUT2D eigenvalue weighted by molar-refractivity contribution is 0.0251. The third kappa shape index (κ3) is 3.37. The third-order valence-corrected chi connectivity index (χ3v) is 4.97. The van der Waals surface area contributed by atoms with Crippen LogP contribution in [0.2, 0.25) is 0 Å². The molecule has 0 aromatic carbocycles. The zero-order valence-electron chi connectivity index (χ0n) is 14.3. The Bertz CT molecular complexity index is 716. The van der Waals surface area contributed by atoms with Crippen molar-refractivity contribution in [2.75, 3.05) is 37.7 Å². The van der Waals surface area contributed by atoms with Gasteiger partial charge in [-0.3, -0.25) is 4.79 Å². The molecule has 2 atom stereocenters. The first kappa shape index (κ1) is 16.1. The zero-order valence-corrected chi connectivity index (χ0v) is 14.3. The number of ether oxygens (including phenoxy) is 1. The van der Waals surface area contributed by atoms with E-state index in [9.17, 15) is 4.79 Å². The minimum atomic E-state index is -0.0546. The second kappa shape index (κ2) is 6.84. The Hall–Kier alpha value is -2.41. The number of piperidine rings is 1. The van der Waals surface area contributed by atoms with E-state index in [0.717, 1.165) is 31.0 Å². The molecule has 25 heavy (non-hydrogen) atoms. The number of hydrogen-bond donors (Lipinski definition) is 0. The van der Waals surface area contributed by atoms with E-state index in [0.29, 0.717) is 31.4 Å². The number of rotatable bonds is 2. The number of anilines is 1. The monoisotopic (exact) mass is 342 g/mol. The van der Waals surface area contributed by atoms with Gasteiger partial charge < -0.3 is 19.0 Å². The lowest BCUT2D eigenvalue weighted by Gasteiger charge is -2.38. The summed E-state index contributed by atoms with van der Waals surface area (Å²) in [6.45, 7) is 5.45. The molecule has 7 nitrogen and oxygen atoms in total. The highest BCUT2D eigenvalue weighted by Crippen LogP contribution is 2.27. The molecule has 1 amide bonds. The summed E-state index contributed by atoms with van der Waals surface area (Å²) in [6.07, 6.45) is 2.60. The average molecular weight is 342 g/mol. The van der Waals surface area contributed by atoms with E-state index in [1.54, 1.807) is 12.1 Å². The van der Waals surface area contributed by atoms with Gasteiger partial charge in [0.2, 0.25) is 0 Å². The van der Waals surface area contributed by atoms with Gasteiger partial charge in [0.15, 0.2) is 11.6 Å². The maximum atomic E-state index is 12.6. The molecule has 2 saturated heterocycles. The van der Waals surface area contributed by atoms with Crippen LogP contribution in [0.1, 0.15) is 22.7 Å². The number of aryl methyl sites for hydroxylation is 1. The highest BCUT2D eigenvalue weighted by molar-refractivity contribution is 5.91. The number of furan rings is 1. The molecule has 2 aromatic rings. The lowest BCUT2D eigenvalue weighted by atomic mass is 9.93. The number of carbonyl (C=O) groups is 1. The van der Waals surface area contributed by atoms with Crippen molar-refractivity contribution in [3.05, 3.63) is 42.0 Å². The van der Waals surface area contributed by atoms with Crippen LogP contribution in [0, 0.1) is 12.8 Å². The van der Waals surface area contributed by atoms with Crippen molar-refractivity contribution in [2.45, 2.75) is 19.4 Å². The summed E-state index contributed by atoms with van der Waals surface area (Å²) in [6, 6.07) is 7.44. The fourth-order valence-corrected chi connectivity index (χ4v) is 3.56. The summed E-state index contributed by atoms with van der Waals surface area (Å²) >= 11 is 0. The minimum absolute atomic E-state index is 0.0546. The van der Waals surface area contributed by atoms with E-state index < -0.39 is 0 Å². The summed E-state index contributed by atoms with van der Waals surface area (Å²) in [5, 5.41) is 8.43. The first-order chi connectivity index (χ1) is 12.2. The Labute approximate surface area is 146 Å². The van der Waals surface area contributed by atoms with Gasteiger partial charge in [0.25, 0.3) is 5.91 Å². The molecular weight excluding hydrogens is 320 g/mol. The van der Waals surface area contributed by atoms with Gasteiger partial charge in [0.05, 0.1) is 24.7 Å². The fraction of sp³-hybridized carbons (Fsp3) is 0.500. The zero-order chi connectivity index (χ0) is 17.2. The first-order valence-corrected chi connectivity index (χ1v) is 8.70. The summed E-state index contributed by atoms with van der Waals surface area (Å²) < 4.78 is 11.3. The van der Waals surface area contributed by atoms with Crippen molar-refractivity contribution in [1.82, 2.24) is 15.1 Å². The molecule has 0 radical (unpaired) electrons. The quantitative estimate of drug-likeness (QED) is 0.828. The van der Waals surface area contributed by atoms with Gasteiger partial charge in [-0.05, 0) is 37.6 Å². The summed E-state index contributed by atoms with van der Waals surface area (Å²) in [7, 11) is 0. The Morgan fingerprint density at radius 2 is 2.12 bits per heavy atom. The van der Waals surface area contributed by atoms with Crippen LogP contribution < -0.4 is 4.90 Å². The molecule has 7 heteroatoms. The maximum absolute atomic E-state index is 12.6. The van der Waals surface area contributed by atoms with Crippen LogP contribution in [0.15, 0.2) is 34.9 Å². The average Bonchev–Trinajstić information content (AvgIpc) is 3.08. The molecular formula is C18H22N4O3. The molecule has 132 valence electrons. The van der Waals surface area contributed by atoms with E-state index in [4.69, 9.17) is 9.15 Å². The molecule has 0 spiro atoms. The standard InChI is InChI=1S/C18H22N4O3/c1-13-4-5-17(20-19-13)21-7-6-14-11-22(8-10-25-16(14)12-21)18(23)15-3-2-9-24-15/h2-5,9,14,16H,6-8,10-12H2,1H3/t14-,16-/m1/s1. The molecule has 2 fully saturated rings. The Balaban J connectivity index is 1.43. The van der Waals surface area contributed by atoms with Gasteiger partial charge >= 0.3 is 0 Å². The second-order valence-electron chi connectivity index (χ2n) is 6.67. The molecule has 0 unspecified atom stereocenters. The van der Waals surface area contributed by atoms with Crippen LogP contribution in [-0.4, -0.2) is 59.9 Å². The predicted octanol–water partition coefficient (Wildman–Crippen LogP) is 1.75. The van der Waals surface area contributed by atoms with Crippen LogP contribution in [0.25, 0.3) is 0 Å². The van der Waals surface area contributed by atoms with E-state index >= 15 is 0 Å². The molecule has 0 bridgehead atoms. The van der Waals surface area contributed by atoms with Gasteiger partial charge in [-0.15, -0.1) is 5.10 Å². The number of fused-ring (bicyclic) bond motifs is 1. The highest BCUT2D eigenvalue weighted by Gasteiger charge is 2.35. The number of amides is 1. The number of hydrogen-bond acceptors (Lipinski definition) is 6. The van der Waals surface area contributed by atoms with E-state index in [1.165, 1.54) is 6.26 Å². The van der Waals surface area contributed by atoms with Crippen LogP contribution in [0.4, 0.5) is 5.82 Å². The van der Waals surface area contributed by atoms with Crippen molar-refractivity contribution in [3.8, 4) is 0 Å². The topological polar surface area (TPSA) is 71.7 Å². The summed E-state index contributed by atoms with van der Waals surface area (Å²) in [5.41, 5.74) is 0.913. The van der Waals surface area contributed by atoms with Gasteiger partial charge in [-0.25, -0.2) is 0 Å². The smallest absolute Gasteiger partial charge is 0.289 e. The maximum Gasteiger partial charge on any atom is 0.289 e. The number of aromatic nitrogens is 2. The van der Waals surface area contributed by atoms with Crippen molar-refractivity contribution in [3.63, 3.8) is 0 Å². The van der Waals surface area contributed by atoms with Crippen LogP contribution in [0.3, 0.4) is 0 Å². The third-order valence-electron chi connectivity index (χ3n) is 4.97. The molecule has 0 aliphatic carbocycles.